The minimum atomic E-state index is -3.37. The summed E-state index contributed by atoms with van der Waals surface area (Å²) in [6.07, 6.45) is 0.518. The first-order chi connectivity index (χ1) is 6.94. The molecule has 84 valence electrons. The van der Waals surface area contributed by atoms with Crippen molar-refractivity contribution >= 4 is 27.3 Å². The lowest BCUT2D eigenvalue weighted by Crippen LogP contribution is -2.16. The maximum absolute atomic E-state index is 11.4. The average molecular weight is 250 g/mol. The molecule has 0 saturated heterocycles. The summed E-state index contributed by atoms with van der Waals surface area (Å²) in [7, 11) is -3.37. The number of hydrogen-bond acceptors (Lipinski definition) is 3. The lowest BCUT2D eigenvalue weighted by molar-refractivity contribution is 0.477. The van der Waals surface area contributed by atoms with E-state index in [-0.39, 0.29) is 17.2 Å². The van der Waals surface area contributed by atoms with Gasteiger partial charge >= 0.3 is 0 Å². The van der Waals surface area contributed by atoms with Crippen LogP contribution in [0.5, 0.6) is 5.75 Å². The molecule has 0 heterocycles. The molecule has 0 amide bonds. The molecule has 0 aliphatic rings. The van der Waals surface area contributed by atoms with Crippen LogP contribution in [0.15, 0.2) is 18.2 Å². The van der Waals surface area contributed by atoms with Crippen LogP contribution in [0.25, 0.3) is 0 Å². The van der Waals surface area contributed by atoms with E-state index in [1.165, 1.54) is 18.2 Å². The van der Waals surface area contributed by atoms with Crippen molar-refractivity contribution in [1.82, 2.24) is 0 Å². The summed E-state index contributed by atoms with van der Waals surface area (Å²) in [5.74, 6) is -0.156. The second-order valence-electron chi connectivity index (χ2n) is 3.08. The fourth-order valence-electron chi connectivity index (χ4n) is 1.08. The smallest absolute Gasteiger partial charge is 0.232 e. The molecular weight excluding hydrogens is 238 g/mol. The Bertz CT molecular complexity index is 445. The third-order valence-electron chi connectivity index (χ3n) is 1.70. The van der Waals surface area contributed by atoms with Gasteiger partial charge in [-0.05, 0) is 18.6 Å². The van der Waals surface area contributed by atoms with E-state index in [0.717, 1.165) is 0 Å². The molecule has 1 rings (SSSR count). The highest BCUT2D eigenvalue weighted by molar-refractivity contribution is 7.92. The van der Waals surface area contributed by atoms with E-state index in [4.69, 9.17) is 11.6 Å². The molecule has 0 spiro atoms. The molecule has 2 N–H and O–H groups in total. The van der Waals surface area contributed by atoms with Crippen LogP contribution in [0.4, 0.5) is 5.69 Å². The summed E-state index contributed by atoms with van der Waals surface area (Å²) < 4.78 is 25.0. The van der Waals surface area contributed by atoms with Crippen LogP contribution >= 0.6 is 11.6 Å². The van der Waals surface area contributed by atoms with Gasteiger partial charge in [0.1, 0.15) is 5.75 Å². The van der Waals surface area contributed by atoms with E-state index < -0.39 is 10.0 Å². The zero-order valence-electron chi connectivity index (χ0n) is 8.20. The lowest BCUT2D eigenvalue weighted by Gasteiger charge is -2.08. The molecule has 0 aromatic heterocycles. The maximum Gasteiger partial charge on any atom is 0.232 e. The highest BCUT2D eigenvalue weighted by atomic mass is 35.5. The van der Waals surface area contributed by atoms with Gasteiger partial charge in [-0.3, -0.25) is 4.72 Å². The summed E-state index contributed by atoms with van der Waals surface area (Å²) in [4.78, 5) is 0. The van der Waals surface area contributed by atoms with Gasteiger partial charge in [0, 0.05) is 11.1 Å². The zero-order valence-corrected chi connectivity index (χ0v) is 9.77. The number of sulfonamides is 1. The van der Waals surface area contributed by atoms with Crippen molar-refractivity contribution < 1.29 is 13.5 Å². The van der Waals surface area contributed by atoms with Gasteiger partial charge in [0.2, 0.25) is 10.0 Å². The molecule has 0 aliphatic heterocycles. The molecule has 15 heavy (non-hydrogen) atoms. The van der Waals surface area contributed by atoms with E-state index >= 15 is 0 Å². The Hall–Kier alpha value is -0.940. The number of rotatable bonds is 4. The van der Waals surface area contributed by atoms with Crippen LogP contribution in [0.3, 0.4) is 0 Å². The Balaban J connectivity index is 2.90. The minimum Gasteiger partial charge on any atom is -0.506 e. The van der Waals surface area contributed by atoms with Crippen LogP contribution in [-0.4, -0.2) is 19.3 Å². The van der Waals surface area contributed by atoms with Gasteiger partial charge in [0.15, 0.2) is 0 Å². The van der Waals surface area contributed by atoms with Crippen molar-refractivity contribution in [2.45, 2.75) is 13.3 Å². The van der Waals surface area contributed by atoms with E-state index in [9.17, 15) is 13.5 Å². The fourth-order valence-corrected chi connectivity index (χ4v) is 2.39. The number of halogens is 1. The summed E-state index contributed by atoms with van der Waals surface area (Å²) in [5, 5.41) is 9.76. The predicted molar refractivity (Wildman–Crippen MR) is 60.8 cm³/mol. The van der Waals surface area contributed by atoms with E-state index in [2.05, 4.69) is 4.72 Å². The van der Waals surface area contributed by atoms with Gasteiger partial charge in [-0.1, -0.05) is 18.5 Å². The molecule has 1 aromatic carbocycles. The third-order valence-corrected chi connectivity index (χ3v) is 3.41. The molecule has 0 unspecified atom stereocenters. The molecule has 4 nitrogen and oxygen atoms in total. The first kappa shape index (κ1) is 12.1. The summed E-state index contributed by atoms with van der Waals surface area (Å²) in [6, 6.07) is 4.21. The van der Waals surface area contributed by atoms with Gasteiger partial charge < -0.3 is 5.11 Å². The van der Waals surface area contributed by atoms with Crippen molar-refractivity contribution in [2.75, 3.05) is 10.5 Å². The molecule has 1 aromatic rings. The molecule has 0 bridgehead atoms. The van der Waals surface area contributed by atoms with Crippen molar-refractivity contribution in [1.29, 1.82) is 0 Å². The van der Waals surface area contributed by atoms with Crippen molar-refractivity contribution in [3.63, 3.8) is 0 Å². The Kier molecular flexibility index (Phi) is 3.82. The molecule has 0 radical (unpaired) electrons. The van der Waals surface area contributed by atoms with Crippen LogP contribution < -0.4 is 4.72 Å². The Morgan fingerprint density at radius 2 is 2.13 bits per heavy atom. The molecule has 0 saturated carbocycles. The number of phenols is 1. The molecule has 0 atom stereocenters. The molecule has 0 fully saturated rings. The average Bonchev–Trinajstić information content (AvgIpc) is 2.09. The highest BCUT2D eigenvalue weighted by Gasteiger charge is 2.11. The monoisotopic (exact) mass is 249 g/mol. The first-order valence-corrected chi connectivity index (χ1v) is 6.46. The fraction of sp³-hybridized carbons (Fsp3) is 0.333. The van der Waals surface area contributed by atoms with Crippen LogP contribution in [0.2, 0.25) is 5.02 Å². The van der Waals surface area contributed by atoms with Crippen molar-refractivity contribution in [3.8, 4) is 5.75 Å². The number of anilines is 1. The number of phenolic OH excluding ortho intramolecular Hbond substituents is 1. The normalized spacial score (nSPS) is 11.3. The number of nitrogens with one attached hydrogen (secondary N) is 1. The Morgan fingerprint density at radius 1 is 1.47 bits per heavy atom. The van der Waals surface area contributed by atoms with Crippen LogP contribution in [-0.2, 0) is 10.0 Å². The summed E-state index contributed by atoms with van der Waals surface area (Å²) in [6.45, 7) is 1.76. The SMILES string of the molecule is CCCS(=O)(=O)Nc1ccc(Cl)cc1O. The standard InChI is InChI=1S/C9H12ClNO3S/c1-2-5-15(13,14)11-8-4-3-7(10)6-9(8)12/h3-4,6,11-12H,2,5H2,1H3. The second-order valence-corrected chi connectivity index (χ2v) is 5.36. The number of benzene rings is 1. The summed E-state index contributed by atoms with van der Waals surface area (Å²) in [5.41, 5.74) is 0.146. The van der Waals surface area contributed by atoms with Gasteiger partial charge in [0.25, 0.3) is 0 Å². The zero-order chi connectivity index (χ0) is 11.5. The maximum atomic E-state index is 11.4. The minimum absolute atomic E-state index is 0.0229. The second kappa shape index (κ2) is 4.72. The van der Waals surface area contributed by atoms with Gasteiger partial charge in [-0.25, -0.2) is 8.42 Å². The number of hydrogen-bond donors (Lipinski definition) is 2. The van der Waals surface area contributed by atoms with E-state index in [1.54, 1.807) is 6.92 Å². The van der Waals surface area contributed by atoms with Gasteiger partial charge in [-0.2, -0.15) is 0 Å². The van der Waals surface area contributed by atoms with Gasteiger partial charge in [0.05, 0.1) is 11.4 Å². The largest absolute Gasteiger partial charge is 0.506 e. The Labute approximate surface area is 93.9 Å². The number of aromatic hydroxyl groups is 1. The third kappa shape index (κ3) is 3.60. The topological polar surface area (TPSA) is 66.4 Å². The molecule has 0 aliphatic carbocycles. The quantitative estimate of drug-likeness (QED) is 0.804. The molecule has 6 heteroatoms. The van der Waals surface area contributed by atoms with Crippen LogP contribution in [0.1, 0.15) is 13.3 Å². The van der Waals surface area contributed by atoms with E-state index in [1.807, 2.05) is 0 Å². The summed E-state index contributed by atoms with van der Waals surface area (Å²) >= 11 is 5.61. The van der Waals surface area contributed by atoms with E-state index in [0.29, 0.717) is 11.4 Å². The van der Waals surface area contributed by atoms with Crippen molar-refractivity contribution in [3.05, 3.63) is 23.2 Å². The first-order valence-electron chi connectivity index (χ1n) is 4.43. The highest BCUT2D eigenvalue weighted by Crippen LogP contribution is 2.27. The van der Waals surface area contributed by atoms with Crippen molar-refractivity contribution in [2.24, 2.45) is 0 Å². The van der Waals surface area contributed by atoms with Crippen LogP contribution in [0, 0.1) is 0 Å². The predicted octanol–water partition coefficient (Wildman–Crippen LogP) is 2.20. The molecular formula is C9H12ClNO3S. The lowest BCUT2D eigenvalue weighted by atomic mass is 10.3. The Morgan fingerprint density at radius 3 is 2.67 bits per heavy atom. The van der Waals surface area contributed by atoms with Gasteiger partial charge in [-0.15, -0.1) is 0 Å².